The zero-order chi connectivity index (χ0) is 20.1. The van der Waals surface area contributed by atoms with Crippen LogP contribution in [0.25, 0.3) is 0 Å². The van der Waals surface area contributed by atoms with Gasteiger partial charge in [-0.15, -0.1) is 0 Å². The summed E-state index contributed by atoms with van der Waals surface area (Å²) in [6.45, 7) is 4.79. The third-order valence-electron chi connectivity index (χ3n) is 4.68. The van der Waals surface area contributed by atoms with E-state index in [1.54, 1.807) is 0 Å². The summed E-state index contributed by atoms with van der Waals surface area (Å²) in [6.07, 6.45) is 2.13. The molecular weight excluding hydrogens is 374 g/mol. The molecule has 0 bridgehead atoms. The maximum Gasteiger partial charge on any atom is 0.293 e. The Bertz CT molecular complexity index is 805. The highest BCUT2D eigenvalue weighted by Gasteiger charge is 2.27. The van der Waals surface area contributed by atoms with Crippen LogP contribution in [0.15, 0.2) is 23.1 Å². The third kappa shape index (κ3) is 6.15. The highest BCUT2D eigenvalue weighted by atomic mass is 32.2. The topological polar surface area (TPSA) is 156 Å². The lowest BCUT2D eigenvalue weighted by atomic mass is 9.81. The number of hydrogen-bond donors (Lipinski definition) is 4. The molecule has 0 spiro atoms. The molecule has 1 aromatic carbocycles. The highest BCUT2D eigenvalue weighted by Crippen LogP contribution is 2.28. The average molecular weight is 399 g/mol. The molecule has 0 saturated carbocycles. The summed E-state index contributed by atoms with van der Waals surface area (Å²) >= 11 is 0. The number of anilines is 1. The summed E-state index contributed by atoms with van der Waals surface area (Å²) in [4.78, 5) is 22.1. The number of nitrogens with zero attached hydrogens (tertiary/aromatic N) is 1. The van der Waals surface area contributed by atoms with Gasteiger partial charge in [0.2, 0.25) is 15.9 Å². The Labute approximate surface area is 158 Å². The van der Waals surface area contributed by atoms with Crippen LogP contribution in [0.2, 0.25) is 0 Å². The van der Waals surface area contributed by atoms with E-state index >= 15 is 0 Å². The summed E-state index contributed by atoms with van der Waals surface area (Å²) in [5.41, 5.74) is -0.203. The molecule has 1 aliphatic rings. The van der Waals surface area contributed by atoms with E-state index in [9.17, 15) is 23.3 Å². The molecule has 1 amide bonds. The van der Waals surface area contributed by atoms with Crippen molar-refractivity contribution in [1.29, 1.82) is 0 Å². The predicted octanol–water partition coefficient (Wildman–Crippen LogP) is 0.550. The molecule has 0 atom stereocenters. The van der Waals surface area contributed by atoms with Gasteiger partial charge in [-0.3, -0.25) is 14.9 Å². The number of nitro benzene ring substituents is 1. The largest absolute Gasteiger partial charge is 0.379 e. The summed E-state index contributed by atoms with van der Waals surface area (Å²) in [6, 6.07) is 3.35. The van der Waals surface area contributed by atoms with Crippen LogP contribution in [0.5, 0.6) is 0 Å². The Balaban J connectivity index is 1.89. The Hall–Kier alpha value is -2.24. The van der Waals surface area contributed by atoms with Crippen molar-refractivity contribution in [2.75, 3.05) is 31.5 Å². The van der Waals surface area contributed by atoms with E-state index in [4.69, 9.17) is 5.14 Å². The molecule has 0 aliphatic carbocycles. The Morgan fingerprint density at radius 2 is 2.04 bits per heavy atom. The summed E-state index contributed by atoms with van der Waals surface area (Å²) in [5, 5.41) is 25.1. The number of amides is 1. The van der Waals surface area contributed by atoms with E-state index in [0.29, 0.717) is 6.54 Å². The molecule has 1 aliphatic heterocycles. The normalized spacial score (nSPS) is 16.5. The minimum absolute atomic E-state index is 0.0800. The van der Waals surface area contributed by atoms with Gasteiger partial charge in [-0.1, -0.05) is 6.92 Å². The maximum atomic E-state index is 12.0. The predicted molar refractivity (Wildman–Crippen MR) is 101 cm³/mol. The first kappa shape index (κ1) is 21.1. The van der Waals surface area contributed by atoms with Crippen LogP contribution in [0.3, 0.4) is 0 Å². The van der Waals surface area contributed by atoms with Crippen LogP contribution >= 0.6 is 0 Å². The first-order valence-electron chi connectivity index (χ1n) is 8.63. The number of benzene rings is 1. The van der Waals surface area contributed by atoms with Gasteiger partial charge in [-0.25, -0.2) is 13.6 Å². The molecule has 2 rings (SSSR count). The second-order valence-corrected chi connectivity index (χ2v) is 8.56. The molecule has 1 fully saturated rings. The first-order chi connectivity index (χ1) is 12.6. The standard InChI is InChI=1S/C16H25N5O5S/c1-16(5-8-18-9-6-16)11-20-15(22)4-7-19-13-3-2-12(27(17,25)26)10-14(13)21(23)24/h2-3,10,18-19H,4-9,11H2,1H3,(H,20,22)(H2,17,25,26). The number of rotatable bonds is 8. The number of nitro groups is 1. The number of primary sulfonamides is 1. The van der Waals surface area contributed by atoms with E-state index in [2.05, 4.69) is 22.9 Å². The lowest BCUT2D eigenvalue weighted by Crippen LogP contribution is -2.43. The molecule has 1 saturated heterocycles. The maximum absolute atomic E-state index is 12.0. The number of hydrogen-bond acceptors (Lipinski definition) is 7. The zero-order valence-corrected chi connectivity index (χ0v) is 16.0. The van der Waals surface area contributed by atoms with Crippen molar-refractivity contribution >= 4 is 27.3 Å². The molecule has 1 heterocycles. The second kappa shape index (κ2) is 8.63. The van der Waals surface area contributed by atoms with Gasteiger partial charge in [0.25, 0.3) is 5.69 Å². The van der Waals surface area contributed by atoms with Gasteiger partial charge in [0.1, 0.15) is 5.69 Å². The van der Waals surface area contributed by atoms with Crippen LogP contribution in [0, 0.1) is 15.5 Å². The van der Waals surface area contributed by atoms with Gasteiger partial charge in [0, 0.05) is 25.6 Å². The minimum Gasteiger partial charge on any atom is -0.379 e. The fourth-order valence-corrected chi connectivity index (χ4v) is 3.44. The van der Waals surface area contributed by atoms with Gasteiger partial charge < -0.3 is 16.0 Å². The van der Waals surface area contributed by atoms with Crippen LogP contribution in [0.4, 0.5) is 11.4 Å². The lowest BCUT2D eigenvalue weighted by Gasteiger charge is -2.34. The monoisotopic (exact) mass is 399 g/mol. The number of nitrogens with two attached hydrogens (primary N) is 1. The van der Waals surface area contributed by atoms with Crippen molar-refractivity contribution in [3.8, 4) is 0 Å². The molecule has 0 radical (unpaired) electrons. The fourth-order valence-electron chi connectivity index (χ4n) is 2.91. The van der Waals surface area contributed by atoms with E-state index in [-0.39, 0.29) is 34.9 Å². The quantitative estimate of drug-likeness (QED) is 0.367. The molecule has 150 valence electrons. The SMILES string of the molecule is CC1(CNC(=O)CCNc2ccc(S(N)(=O)=O)cc2[N+](=O)[O-])CCNCC1. The van der Waals surface area contributed by atoms with Crippen molar-refractivity contribution in [1.82, 2.24) is 10.6 Å². The van der Waals surface area contributed by atoms with Gasteiger partial charge in [0.05, 0.1) is 9.82 Å². The van der Waals surface area contributed by atoms with Crippen molar-refractivity contribution < 1.29 is 18.1 Å². The van der Waals surface area contributed by atoms with Gasteiger partial charge >= 0.3 is 0 Å². The molecule has 27 heavy (non-hydrogen) atoms. The average Bonchev–Trinajstić information content (AvgIpc) is 2.60. The second-order valence-electron chi connectivity index (χ2n) is 7.00. The summed E-state index contributed by atoms with van der Waals surface area (Å²) < 4.78 is 22.7. The Kier molecular flexibility index (Phi) is 6.73. The van der Waals surface area contributed by atoms with Crippen molar-refractivity contribution in [2.45, 2.75) is 31.1 Å². The molecule has 0 unspecified atom stereocenters. The fraction of sp³-hybridized carbons (Fsp3) is 0.562. The van der Waals surface area contributed by atoms with E-state index < -0.39 is 20.6 Å². The number of piperidine rings is 1. The highest BCUT2D eigenvalue weighted by molar-refractivity contribution is 7.89. The van der Waals surface area contributed by atoms with Crippen LogP contribution < -0.4 is 21.1 Å². The van der Waals surface area contributed by atoms with Gasteiger partial charge in [-0.2, -0.15) is 0 Å². The summed E-state index contributed by atoms with van der Waals surface area (Å²) in [7, 11) is -4.03. The first-order valence-corrected chi connectivity index (χ1v) is 10.2. The molecule has 5 N–H and O–H groups in total. The number of sulfonamides is 1. The van der Waals surface area contributed by atoms with Crippen molar-refractivity contribution in [3.05, 3.63) is 28.3 Å². The van der Waals surface area contributed by atoms with Crippen LogP contribution in [0.1, 0.15) is 26.2 Å². The van der Waals surface area contributed by atoms with E-state index in [1.165, 1.54) is 12.1 Å². The smallest absolute Gasteiger partial charge is 0.293 e. The van der Waals surface area contributed by atoms with E-state index in [0.717, 1.165) is 32.0 Å². The number of nitrogens with one attached hydrogen (secondary N) is 3. The molecule has 1 aromatic rings. The van der Waals surface area contributed by atoms with Crippen molar-refractivity contribution in [2.24, 2.45) is 10.6 Å². The molecule has 0 aromatic heterocycles. The lowest BCUT2D eigenvalue weighted by molar-refractivity contribution is -0.384. The molecule has 10 nitrogen and oxygen atoms in total. The van der Waals surface area contributed by atoms with Gasteiger partial charge in [0.15, 0.2) is 0 Å². The van der Waals surface area contributed by atoms with E-state index in [1.807, 2.05) is 0 Å². The molecular formula is C16H25N5O5S. The van der Waals surface area contributed by atoms with Crippen molar-refractivity contribution in [3.63, 3.8) is 0 Å². The minimum atomic E-state index is -4.03. The Morgan fingerprint density at radius 1 is 1.37 bits per heavy atom. The van der Waals surface area contributed by atoms with Crippen LogP contribution in [-0.2, 0) is 14.8 Å². The number of carbonyl (C=O) groups excluding carboxylic acids is 1. The number of carbonyl (C=O) groups is 1. The third-order valence-corrected chi connectivity index (χ3v) is 5.60. The van der Waals surface area contributed by atoms with Crippen LogP contribution in [-0.4, -0.2) is 45.4 Å². The molecule has 11 heteroatoms. The zero-order valence-electron chi connectivity index (χ0n) is 15.2. The van der Waals surface area contributed by atoms with Gasteiger partial charge in [-0.05, 0) is 43.5 Å². The Morgan fingerprint density at radius 3 is 2.63 bits per heavy atom. The summed E-state index contributed by atoms with van der Waals surface area (Å²) in [5.74, 6) is -0.147.